The van der Waals surface area contributed by atoms with Crippen LogP contribution in [0.2, 0.25) is 0 Å². The van der Waals surface area contributed by atoms with Gasteiger partial charge < -0.3 is 10.4 Å². The third-order valence-corrected chi connectivity index (χ3v) is 1.97. The van der Waals surface area contributed by atoms with Gasteiger partial charge in [-0.1, -0.05) is 42.5 Å². The number of nitrogens with one attached hydrogen (secondary N) is 1. The van der Waals surface area contributed by atoms with E-state index in [4.69, 9.17) is 17.3 Å². The number of hydrogen-bond donors (Lipinski definition) is 2. The molecule has 0 saturated heterocycles. The van der Waals surface area contributed by atoms with Crippen molar-refractivity contribution in [2.75, 3.05) is 6.54 Å². The van der Waals surface area contributed by atoms with Crippen LogP contribution in [0, 0.1) is 0 Å². The van der Waals surface area contributed by atoms with E-state index in [-0.39, 0.29) is 6.10 Å². The number of thiocarbonyl (C=S) groups is 1. The Labute approximate surface area is 83.6 Å². The van der Waals surface area contributed by atoms with Crippen molar-refractivity contribution in [1.29, 1.82) is 0 Å². The summed E-state index contributed by atoms with van der Waals surface area (Å²) in [7, 11) is 0. The van der Waals surface area contributed by atoms with Gasteiger partial charge in [-0.2, -0.15) is 0 Å². The molecule has 0 heterocycles. The van der Waals surface area contributed by atoms with Crippen LogP contribution < -0.4 is 5.32 Å². The van der Waals surface area contributed by atoms with Crippen LogP contribution in [0.25, 0.3) is 0 Å². The highest BCUT2D eigenvalue weighted by atomic mass is 32.1. The Hall–Kier alpha value is -0.930. The van der Waals surface area contributed by atoms with Gasteiger partial charge in [0.2, 0.25) is 0 Å². The molecule has 1 aromatic rings. The zero-order valence-electron chi connectivity index (χ0n) is 7.53. The zero-order valence-corrected chi connectivity index (χ0v) is 8.34. The Kier molecular flexibility index (Phi) is 3.86. The summed E-state index contributed by atoms with van der Waals surface area (Å²) in [5, 5.41) is 12.0. The minimum Gasteiger partial charge on any atom is -0.392 e. The lowest BCUT2D eigenvalue weighted by atomic mass is 10.2. The van der Waals surface area contributed by atoms with Crippen molar-refractivity contribution in [3.8, 4) is 0 Å². The second kappa shape index (κ2) is 4.94. The topological polar surface area (TPSA) is 32.3 Å². The molecule has 0 aliphatic rings. The highest BCUT2D eigenvalue weighted by Crippen LogP contribution is 1.98. The summed E-state index contributed by atoms with van der Waals surface area (Å²) in [6.07, 6.45) is -0.373. The molecular formula is C10H13NOS. The first kappa shape index (κ1) is 10.2. The fourth-order valence-electron chi connectivity index (χ4n) is 0.932. The van der Waals surface area contributed by atoms with E-state index in [0.29, 0.717) is 11.5 Å². The fraction of sp³-hybridized carbons (Fsp3) is 0.300. The summed E-state index contributed by atoms with van der Waals surface area (Å²) in [4.78, 5) is 0.682. The van der Waals surface area contributed by atoms with E-state index in [2.05, 4.69) is 5.32 Å². The van der Waals surface area contributed by atoms with Crippen molar-refractivity contribution in [2.24, 2.45) is 0 Å². The van der Waals surface area contributed by atoms with Gasteiger partial charge in [0.15, 0.2) is 0 Å². The standard InChI is InChI=1S/C10H13NOS/c1-8(12)7-11-10(13)9-5-3-2-4-6-9/h2-6,8,12H,7H2,1H3,(H,11,13). The molecule has 1 atom stereocenters. The summed E-state index contributed by atoms with van der Waals surface area (Å²) in [5.74, 6) is 0. The first-order valence-corrected chi connectivity index (χ1v) is 4.62. The smallest absolute Gasteiger partial charge is 0.106 e. The molecule has 13 heavy (non-hydrogen) atoms. The molecular weight excluding hydrogens is 182 g/mol. The second-order valence-corrected chi connectivity index (χ2v) is 3.33. The quantitative estimate of drug-likeness (QED) is 0.714. The van der Waals surface area contributed by atoms with Crippen LogP contribution in [0.15, 0.2) is 30.3 Å². The van der Waals surface area contributed by atoms with Crippen molar-refractivity contribution < 1.29 is 5.11 Å². The molecule has 0 radical (unpaired) electrons. The molecule has 0 fully saturated rings. The van der Waals surface area contributed by atoms with E-state index in [0.717, 1.165) is 5.56 Å². The summed E-state index contributed by atoms with van der Waals surface area (Å²) in [6.45, 7) is 2.22. The van der Waals surface area contributed by atoms with Crippen LogP contribution in [0.5, 0.6) is 0 Å². The Bertz CT molecular complexity index is 272. The maximum absolute atomic E-state index is 9.03. The molecule has 0 amide bonds. The lowest BCUT2D eigenvalue weighted by Gasteiger charge is -2.09. The minimum atomic E-state index is -0.373. The summed E-state index contributed by atoms with van der Waals surface area (Å²) < 4.78 is 0. The average molecular weight is 195 g/mol. The molecule has 1 aromatic carbocycles. The van der Waals surface area contributed by atoms with Crippen LogP contribution in [0.1, 0.15) is 12.5 Å². The van der Waals surface area contributed by atoms with Gasteiger partial charge in [0.25, 0.3) is 0 Å². The van der Waals surface area contributed by atoms with Crippen molar-refractivity contribution in [3.63, 3.8) is 0 Å². The summed E-state index contributed by atoms with van der Waals surface area (Å²) in [6, 6.07) is 9.70. The average Bonchev–Trinajstić information content (AvgIpc) is 2.15. The van der Waals surface area contributed by atoms with Crippen molar-refractivity contribution >= 4 is 17.2 Å². The van der Waals surface area contributed by atoms with Gasteiger partial charge in [-0.15, -0.1) is 0 Å². The van der Waals surface area contributed by atoms with Gasteiger partial charge in [-0.25, -0.2) is 0 Å². The van der Waals surface area contributed by atoms with Gasteiger partial charge in [0.05, 0.1) is 6.10 Å². The fourth-order valence-corrected chi connectivity index (χ4v) is 1.15. The normalized spacial score (nSPS) is 12.2. The monoisotopic (exact) mass is 195 g/mol. The highest BCUT2D eigenvalue weighted by molar-refractivity contribution is 7.80. The Morgan fingerprint density at radius 3 is 2.62 bits per heavy atom. The molecule has 0 saturated carbocycles. The Morgan fingerprint density at radius 2 is 2.08 bits per heavy atom. The van der Waals surface area contributed by atoms with E-state index in [1.165, 1.54) is 0 Å². The summed E-state index contributed by atoms with van der Waals surface area (Å²) >= 11 is 5.12. The molecule has 2 N–H and O–H groups in total. The number of aliphatic hydroxyl groups is 1. The lowest BCUT2D eigenvalue weighted by molar-refractivity contribution is 0.198. The van der Waals surface area contributed by atoms with Crippen LogP contribution in [-0.2, 0) is 0 Å². The maximum Gasteiger partial charge on any atom is 0.106 e. The number of benzene rings is 1. The van der Waals surface area contributed by atoms with Crippen LogP contribution in [0.4, 0.5) is 0 Å². The molecule has 1 unspecified atom stereocenters. The third-order valence-electron chi connectivity index (χ3n) is 1.59. The van der Waals surface area contributed by atoms with E-state index >= 15 is 0 Å². The number of hydrogen-bond acceptors (Lipinski definition) is 2. The first-order valence-electron chi connectivity index (χ1n) is 4.21. The molecule has 0 aliphatic heterocycles. The van der Waals surface area contributed by atoms with E-state index < -0.39 is 0 Å². The Balaban J connectivity index is 2.50. The van der Waals surface area contributed by atoms with E-state index in [1.54, 1.807) is 6.92 Å². The Morgan fingerprint density at radius 1 is 1.46 bits per heavy atom. The van der Waals surface area contributed by atoms with Gasteiger partial charge in [-0.3, -0.25) is 0 Å². The predicted molar refractivity (Wildman–Crippen MR) is 57.8 cm³/mol. The van der Waals surface area contributed by atoms with Crippen LogP contribution in [0.3, 0.4) is 0 Å². The molecule has 1 rings (SSSR count). The van der Waals surface area contributed by atoms with Crippen LogP contribution >= 0.6 is 12.2 Å². The van der Waals surface area contributed by atoms with Gasteiger partial charge in [0.1, 0.15) is 4.99 Å². The second-order valence-electron chi connectivity index (χ2n) is 2.93. The van der Waals surface area contributed by atoms with Gasteiger partial charge in [0, 0.05) is 12.1 Å². The van der Waals surface area contributed by atoms with E-state index in [9.17, 15) is 0 Å². The highest BCUT2D eigenvalue weighted by Gasteiger charge is 2.00. The SMILES string of the molecule is CC(O)CNC(=S)c1ccccc1. The van der Waals surface area contributed by atoms with Gasteiger partial charge >= 0.3 is 0 Å². The van der Waals surface area contributed by atoms with Crippen molar-refractivity contribution in [3.05, 3.63) is 35.9 Å². The first-order chi connectivity index (χ1) is 6.20. The number of rotatable bonds is 3. The van der Waals surface area contributed by atoms with Crippen molar-refractivity contribution in [1.82, 2.24) is 5.32 Å². The molecule has 0 aliphatic carbocycles. The molecule has 0 bridgehead atoms. The maximum atomic E-state index is 9.03. The largest absolute Gasteiger partial charge is 0.392 e. The predicted octanol–water partition coefficient (Wildman–Crippen LogP) is 1.33. The molecule has 2 nitrogen and oxygen atoms in total. The zero-order chi connectivity index (χ0) is 9.68. The molecule has 0 aromatic heterocycles. The lowest BCUT2D eigenvalue weighted by Crippen LogP contribution is -2.29. The number of aliphatic hydroxyl groups excluding tert-OH is 1. The molecule has 70 valence electrons. The van der Waals surface area contributed by atoms with Gasteiger partial charge in [-0.05, 0) is 6.92 Å². The minimum absolute atomic E-state index is 0.373. The van der Waals surface area contributed by atoms with Crippen LogP contribution in [-0.4, -0.2) is 22.7 Å². The molecule has 0 spiro atoms. The third kappa shape index (κ3) is 3.53. The van der Waals surface area contributed by atoms with E-state index in [1.807, 2.05) is 30.3 Å². The summed E-state index contributed by atoms with van der Waals surface area (Å²) in [5.41, 5.74) is 0.984. The van der Waals surface area contributed by atoms with Crippen molar-refractivity contribution in [2.45, 2.75) is 13.0 Å². The molecule has 3 heteroatoms.